The molecule has 1 fully saturated rings. The lowest BCUT2D eigenvalue weighted by Crippen LogP contribution is -2.65. The van der Waals surface area contributed by atoms with Gasteiger partial charge in [-0.15, -0.1) is 0 Å². The number of para-hydroxylation sites is 1. The van der Waals surface area contributed by atoms with E-state index in [0.29, 0.717) is 18.8 Å². The Bertz CT molecular complexity index is 958. The number of aromatic nitrogens is 1. The first-order chi connectivity index (χ1) is 15.5. The maximum atomic E-state index is 13.7. The Kier molecular flexibility index (Phi) is 6.89. The summed E-state index contributed by atoms with van der Waals surface area (Å²) in [7, 11) is 0. The zero-order chi connectivity index (χ0) is 22.7. The van der Waals surface area contributed by atoms with Gasteiger partial charge in [0.15, 0.2) is 0 Å². The van der Waals surface area contributed by atoms with Gasteiger partial charge in [-0.25, -0.2) is 0 Å². The Labute approximate surface area is 191 Å². The van der Waals surface area contributed by atoms with Crippen LogP contribution in [0.3, 0.4) is 0 Å². The summed E-state index contributed by atoms with van der Waals surface area (Å²) in [5, 5.41) is 4.37. The van der Waals surface area contributed by atoms with Gasteiger partial charge in [-0.2, -0.15) is 0 Å². The third-order valence-corrected chi connectivity index (χ3v) is 7.52. The van der Waals surface area contributed by atoms with Gasteiger partial charge in [-0.3, -0.25) is 9.59 Å². The summed E-state index contributed by atoms with van der Waals surface area (Å²) in [6.45, 7) is 10.3. The van der Waals surface area contributed by atoms with Crippen LogP contribution in [0.25, 0.3) is 10.9 Å². The first kappa shape index (κ1) is 22.8. The summed E-state index contributed by atoms with van der Waals surface area (Å²) in [5.74, 6) is -0.0442. The van der Waals surface area contributed by atoms with Crippen LogP contribution in [0.5, 0.6) is 0 Å². The van der Waals surface area contributed by atoms with E-state index < -0.39 is 5.54 Å². The van der Waals surface area contributed by atoms with Crippen LogP contribution in [0, 0.1) is 0 Å². The number of carbonyl (C=O) groups is 2. The molecular formula is C26H38N4O2. The number of amides is 2. The van der Waals surface area contributed by atoms with Gasteiger partial charge in [0, 0.05) is 23.5 Å². The zero-order valence-electron chi connectivity index (χ0n) is 19.9. The Morgan fingerprint density at radius 3 is 2.59 bits per heavy atom. The molecule has 1 aliphatic carbocycles. The Hall–Kier alpha value is -2.34. The van der Waals surface area contributed by atoms with Crippen molar-refractivity contribution in [2.24, 2.45) is 0 Å². The largest absolute Gasteiger partial charge is 0.351 e. The lowest BCUT2D eigenvalue weighted by atomic mass is 9.91. The van der Waals surface area contributed by atoms with E-state index >= 15 is 0 Å². The van der Waals surface area contributed by atoms with Crippen LogP contribution in [-0.2, 0) is 11.3 Å². The first-order valence-corrected chi connectivity index (χ1v) is 12.4. The second-order valence-corrected chi connectivity index (χ2v) is 9.59. The molecule has 174 valence electrons. The van der Waals surface area contributed by atoms with E-state index in [-0.39, 0.29) is 17.9 Å². The molecule has 0 saturated heterocycles. The molecule has 1 aromatic heterocycles. The summed E-state index contributed by atoms with van der Waals surface area (Å²) in [6, 6.07) is 10.3. The average molecular weight is 439 g/mol. The minimum Gasteiger partial charge on any atom is -0.351 e. The number of rotatable bonds is 8. The Balaban J connectivity index is 1.63. The molecule has 2 amide bonds. The molecule has 1 aromatic carbocycles. The molecule has 1 N–H and O–H groups in total. The smallest absolute Gasteiger partial charge is 0.271 e. The molecule has 6 nitrogen and oxygen atoms in total. The normalized spacial score (nSPS) is 21.9. The van der Waals surface area contributed by atoms with Gasteiger partial charge in [0.05, 0.1) is 6.54 Å². The molecule has 6 heteroatoms. The quantitative estimate of drug-likeness (QED) is 0.677. The van der Waals surface area contributed by atoms with Crippen molar-refractivity contribution in [2.45, 2.75) is 77.4 Å². The number of nitrogens with zero attached hydrogens (tertiary/aromatic N) is 3. The van der Waals surface area contributed by atoms with Gasteiger partial charge >= 0.3 is 0 Å². The summed E-state index contributed by atoms with van der Waals surface area (Å²) < 4.78 is 2.05. The second-order valence-electron chi connectivity index (χ2n) is 9.59. The van der Waals surface area contributed by atoms with Crippen LogP contribution in [0.1, 0.15) is 69.8 Å². The van der Waals surface area contributed by atoms with Gasteiger partial charge in [0.1, 0.15) is 11.2 Å². The fraction of sp³-hybridized carbons (Fsp3) is 0.615. The van der Waals surface area contributed by atoms with Gasteiger partial charge in [-0.05, 0) is 58.0 Å². The van der Waals surface area contributed by atoms with E-state index in [0.717, 1.165) is 49.8 Å². The molecule has 0 bridgehead atoms. The highest BCUT2D eigenvalue weighted by Gasteiger charge is 2.47. The van der Waals surface area contributed by atoms with E-state index in [4.69, 9.17) is 0 Å². The second kappa shape index (κ2) is 9.65. The highest BCUT2D eigenvalue weighted by Crippen LogP contribution is 2.33. The number of benzene rings is 1. The van der Waals surface area contributed by atoms with Gasteiger partial charge < -0.3 is 19.7 Å². The predicted octanol–water partition coefficient (Wildman–Crippen LogP) is 4.04. The molecule has 4 rings (SSSR count). The van der Waals surface area contributed by atoms with Crippen LogP contribution in [0.15, 0.2) is 30.3 Å². The number of fused-ring (bicyclic) bond motifs is 3. The first-order valence-electron chi connectivity index (χ1n) is 12.4. The maximum absolute atomic E-state index is 13.7. The molecule has 1 unspecified atom stereocenters. The fourth-order valence-electron chi connectivity index (χ4n) is 5.44. The van der Waals surface area contributed by atoms with E-state index in [2.05, 4.69) is 28.6 Å². The van der Waals surface area contributed by atoms with E-state index in [1.54, 1.807) is 0 Å². The maximum Gasteiger partial charge on any atom is 0.271 e. The number of carbonyl (C=O) groups excluding carboxylic acids is 2. The molecule has 0 radical (unpaired) electrons. The van der Waals surface area contributed by atoms with Crippen LogP contribution in [0.2, 0.25) is 0 Å². The Morgan fingerprint density at radius 2 is 1.88 bits per heavy atom. The summed E-state index contributed by atoms with van der Waals surface area (Å²) >= 11 is 0. The van der Waals surface area contributed by atoms with Crippen molar-refractivity contribution in [3.05, 3.63) is 36.0 Å². The van der Waals surface area contributed by atoms with Crippen molar-refractivity contribution in [1.82, 2.24) is 19.7 Å². The van der Waals surface area contributed by atoms with Crippen LogP contribution < -0.4 is 5.32 Å². The van der Waals surface area contributed by atoms with Gasteiger partial charge in [0.25, 0.3) is 5.91 Å². The van der Waals surface area contributed by atoms with E-state index in [9.17, 15) is 9.59 Å². The third kappa shape index (κ3) is 4.29. The minimum absolute atomic E-state index is 0.0102. The van der Waals surface area contributed by atoms with Crippen molar-refractivity contribution < 1.29 is 9.59 Å². The number of nitrogens with one attached hydrogen (secondary N) is 1. The molecule has 2 heterocycles. The fourth-order valence-corrected chi connectivity index (χ4v) is 5.44. The number of hydrogen-bond acceptors (Lipinski definition) is 3. The van der Waals surface area contributed by atoms with E-state index in [1.807, 2.05) is 42.2 Å². The van der Waals surface area contributed by atoms with Gasteiger partial charge in [0.2, 0.25) is 5.91 Å². The van der Waals surface area contributed by atoms with Crippen LogP contribution in [-0.4, -0.2) is 63.9 Å². The van der Waals surface area contributed by atoms with Crippen molar-refractivity contribution in [3.63, 3.8) is 0 Å². The van der Waals surface area contributed by atoms with Crippen molar-refractivity contribution in [3.8, 4) is 0 Å². The monoisotopic (exact) mass is 438 g/mol. The van der Waals surface area contributed by atoms with E-state index in [1.165, 1.54) is 19.3 Å². The van der Waals surface area contributed by atoms with Crippen molar-refractivity contribution in [2.75, 3.05) is 26.2 Å². The predicted molar refractivity (Wildman–Crippen MR) is 129 cm³/mol. The van der Waals surface area contributed by atoms with Gasteiger partial charge in [-0.1, -0.05) is 51.3 Å². The van der Waals surface area contributed by atoms with Crippen molar-refractivity contribution >= 4 is 22.7 Å². The molecule has 0 spiro atoms. The molecule has 1 atom stereocenters. The highest BCUT2D eigenvalue weighted by atomic mass is 16.2. The highest BCUT2D eigenvalue weighted by molar-refractivity contribution is 6.03. The molecular weight excluding hydrogens is 400 g/mol. The molecule has 1 saturated carbocycles. The molecule has 1 aliphatic heterocycles. The topological polar surface area (TPSA) is 57.6 Å². The lowest BCUT2D eigenvalue weighted by molar-refractivity contribution is -0.133. The minimum atomic E-state index is -0.896. The van der Waals surface area contributed by atoms with Crippen LogP contribution >= 0.6 is 0 Å². The standard InChI is InChI=1S/C26H38N4O2/c1-4-28(5-2)16-11-17-30-24(31)23-18-20-12-9-10-15-22(20)29(23)19-26(30,3)25(32)27-21-13-7-6-8-14-21/h9-10,12,15,18,21H,4-8,11,13-14,16-17,19H2,1-3H3,(H,27,32). The summed E-state index contributed by atoms with van der Waals surface area (Å²) in [4.78, 5) is 31.6. The Morgan fingerprint density at radius 1 is 1.16 bits per heavy atom. The summed E-state index contributed by atoms with van der Waals surface area (Å²) in [6.07, 6.45) is 6.52. The summed E-state index contributed by atoms with van der Waals surface area (Å²) in [5.41, 5.74) is 0.819. The molecule has 32 heavy (non-hydrogen) atoms. The molecule has 2 aromatic rings. The molecule has 2 aliphatic rings. The lowest BCUT2D eigenvalue weighted by Gasteiger charge is -2.45. The SMILES string of the molecule is CCN(CC)CCCN1C(=O)c2cc3ccccc3n2CC1(C)C(=O)NC1CCCCC1. The third-order valence-electron chi connectivity index (χ3n) is 7.52. The zero-order valence-corrected chi connectivity index (χ0v) is 19.9. The van der Waals surface area contributed by atoms with Crippen molar-refractivity contribution in [1.29, 1.82) is 0 Å². The van der Waals surface area contributed by atoms with Crippen LogP contribution in [0.4, 0.5) is 0 Å². The average Bonchev–Trinajstić information content (AvgIpc) is 3.18. The number of hydrogen-bond donors (Lipinski definition) is 1.